The topological polar surface area (TPSA) is 25.2 Å². The first-order valence-corrected chi connectivity index (χ1v) is 8.92. The van der Waals surface area contributed by atoms with E-state index >= 15 is 0 Å². The predicted octanol–water partition coefficient (Wildman–Crippen LogP) is 4.01. The molecule has 19 heavy (non-hydrogen) atoms. The molecule has 1 aromatic rings. The van der Waals surface area contributed by atoms with Crippen molar-refractivity contribution < 1.29 is 5.11 Å². The van der Waals surface area contributed by atoms with Crippen molar-refractivity contribution in [3.63, 3.8) is 0 Å². The lowest BCUT2D eigenvalue weighted by Gasteiger charge is -2.35. The van der Waals surface area contributed by atoms with Gasteiger partial charge in [0.2, 0.25) is 0 Å². The van der Waals surface area contributed by atoms with Crippen LogP contribution in [-0.2, 0) is 6.42 Å². The average Bonchev–Trinajstić information content (AvgIpc) is 2.76. The van der Waals surface area contributed by atoms with E-state index in [1.54, 1.807) is 0 Å². The summed E-state index contributed by atoms with van der Waals surface area (Å²) in [5.41, 5.74) is 4.01. The Morgan fingerprint density at radius 1 is 1.21 bits per heavy atom. The van der Waals surface area contributed by atoms with Gasteiger partial charge in [0.05, 0.1) is 6.10 Å². The van der Waals surface area contributed by atoms with Crippen LogP contribution in [0.2, 0.25) is 0 Å². The monoisotopic (exact) mass is 279 g/mol. The Bertz CT molecular complexity index is 454. The molecule has 0 radical (unpaired) electrons. The molecule has 1 aromatic heterocycles. The van der Waals surface area contributed by atoms with E-state index in [1.807, 2.05) is 11.8 Å². The maximum atomic E-state index is 10.2. The molecule has 3 rings (SSSR count). The third-order valence-electron chi connectivity index (χ3n) is 4.92. The Hall–Kier alpha value is -0.410. The summed E-state index contributed by atoms with van der Waals surface area (Å²) in [6.45, 7) is 2.22. The van der Waals surface area contributed by atoms with Crippen LogP contribution in [0.4, 0.5) is 0 Å². The van der Waals surface area contributed by atoms with Gasteiger partial charge in [0, 0.05) is 28.2 Å². The Labute approximate surface area is 120 Å². The molecule has 3 atom stereocenters. The highest BCUT2D eigenvalue weighted by atomic mass is 32.2. The Morgan fingerprint density at radius 2 is 2.00 bits per heavy atom. The number of fused-ring (bicyclic) bond motifs is 1. The molecule has 3 heteroatoms. The quantitative estimate of drug-likeness (QED) is 0.884. The molecule has 2 aliphatic rings. The standard InChI is InChI=1S/C16H25NOS/c1-11-10-12-13(7-5-8-15(12)18)17(11)14-6-3-4-9-16(14)19-2/h10,14-16,18H,3-9H2,1-2H3. The number of aryl methyl sites for hydroxylation is 1. The molecule has 0 bridgehead atoms. The van der Waals surface area contributed by atoms with Gasteiger partial charge in [-0.2, -0.15) is 11.8 Å². The number of hydrogen-bond acceptors (Lipinski definition) is 2. The SMILES string of the molecule is CSC1CCCCC1n1c(C)cc2c1CCCC2O. The molecule has 2 nitrogen and oxygen atoms in total. The number of rotatable bonds is 2. The summed E-state index contributed by atoms with van der Waals surface area (Å²) >= 11 is 2.03. The molecule has 3 unspecified atom stereocenters. The van der Waals surface area contributed by atoms with Crippen molar-refractivity contribution in [2.45, 2.75) is 69.3 Å². The largest absolute Gasteiger partial charge is 0.388 e. The van der Waals surface area contributed by atoms with E-state index in [0.717, 1.165) is 24.5 Å². The van der Waals surface area contributed by atoms with Gasteiger partial charge in [-0.15, -0.1) is 0 Å². The molecule has 1 saturated carbocycles. The first kappa shape index (κ1) is 13.6. The van der Waals surface area contributed by atoms with Crippen molar-refractivity contribution in [3.05, 3.63) is 23.0 Å². The zero-order valence-corrected chi connectivity index (χ0v) is 12.9. The van der Waals surface area contributed by atoms with Gasteiger partial charge in [-0.1, -0.05) is 12.8 Å². The molecular weight excluding hydrogens is 254 g/mol. The number of hydrogen-bond donors (Lipinski definition) is 1. The van der Waals surface area contributed by atoms with Crippen LogP contribution in [0.5, 0.6) is 0 Å². The van der Waals surface area contributed by atoms with Crippen LogP contribution in [0, 0.1) is 6.92 Å². The molecule has 0 spiro atoms. The number of aliphatic hydroxyl groups is 1. The molecule has 0 saturated heterocycles. The van der Waals surface area contributed by atoms with Gasteiger partial charge in [0.25, 0.3) is 0 Å². The van der Waals surface area contributed by atoms with Crippen LogP contribution in [-0.4, -0.2) is 21.2 Å². The maximum absolute atomic E-state index is 10.2. The van der Waals surface area contributed by atoms with Gasteiger partial charge in [-0.05, 0) is 51.3 Å². The minimum Gasteiger partial charge on any atom is -0.388 e. The second-order valence-electron chi connectivity index (χ2n) is 6.09. The third-order valence-corrected chi connectivity index (χ3v) is 6.08. The van der Waals surface area contributed by atoms with E-state index in [4.69, 9.17) is 0 Å². The van der Waals surface area contributed by atoms with Gasteiger partial charge in [-0.25, -0.2) is 0 Å². The first-order valence-electron chi connectivity index (χ1n) is 7.64. The summed E-state index contributed by atoms with van der Waals surface area (Å²) in [5.74, 6) is 0. The first-order chi connectivity index (χ1) is 9.22. The molecular formula is C16H25NOS. The van der Waals surface area contributed by atoms with E-state index in [9.17, 15) is 5.11 Å². The lowest BCUT2D eigenvalue weighted by atomic mass is 9.92. The molecule has 106 valence electrons. The van der Waals surface area contributed by atoms with Crippen molar-refractivity contribution in [1.29, 1.82) is 0 Å². The highest BCUT2D eigenvalue weighted by Crippen LogP contribution is 2.41. The van der Waals surface area contributed by atoms with Gasteiger partial charge in [-0.3, -0.25) is 0 Å². The minimum absolute atomic E-state index is 0.222. The summed E-state index contributed by atoms with van der Waals surface area (Å²) in [6.07, 6.45) is 10.6. The lowest BCUT2D eigenvalue weighted by Crippen LogP contribution is -2.28. The summed E-state index contributed by atoms with van der Waals surface area (Å²) in [5, 5.41) is 11.0. The lowest BCUT2D eigenvalue weighted by molar-refractivity contribution is 0.155. The highest BCUT2D eigenvalue weighted by molar-refractivity contribution is 7.99. The van der Waals surface area contributed by atoms with E-state index < -0.39 is 0 Å². The fourth-order valence-electron chi connectivity index (χ4n) is 4.01. The van der Waals surface area contributed by atoms with E-state index in [-0.39, 0.29) is 6.10 Å². The van der Waals surface area contributed by atoms with Gasteiger partial charge in [0.15, 0.2) is 0 Å². The van der Waals surface area contributed by atoms with E-state index in [2.05, 4.69) is 23.8 Å². The number of nitrogens with zero attached hydrogens (tertiary/aromatic N) is 1. The van der Waals surface area contributed by atoms with Gasteiger partial charge >= 0.3 is 0 Å². The normalized spacial score (nSPS) is 31.2. The zero-order valence-electron chi connectivity index (χ0n) is 12.1. The minimum atomic E-state index is -0.222. The molecule has 1 fully saturated rings. The van der Waals surface area contributed by atoms with Crippen molar-refractivity contribution in [2.24, 2.45) is 0 Å². The zero-order chi connectivity index (χ0) is 13.4. The van der Waals surface area contributed by atoms with Crippen LogP contribution in [0.25, 0.3) is 0 Å². The highest BCUT2D eigenvalue weighted by Gasteiger charge is 2.31. The van der Waals surface area contributed by atoms with Crippen molar-refractivity contribution >= 4 is 11.8 Å². The van der Waals surface area contributed by atoms with Gasteiger partial charge < -0.3 is 9.67 Å². The smallest absolute Gasteiger partial charge is 0.0807 e. The average molecular weight is 279 g/mol. The summed E-state index contributed by atoms with van der Waals surface area (Å²) < 4.78 is 2.58. The second-order valence-corrected chi connectivity index (χ2v) is 7.17. The summed E-state index contributed by atoms with van der Waals surface area (Å²) in [4.78, 5) is 0. The second kappa shape index (κ2) is 5.53. The van der Waals surface area contributed by atoms with Crippen LogP contribution < -0.4 is 0 Å². The molecule has 1 heterocycles. The Balaban J connectivity index is 1.99. The predicted molar refractivity (Wildman–Crippen MR) is 81.9 cm³/mol. The molecule has 0 amide bonds. The molecule has 2 aliphatic carbocycles. The van der Waals surface area contributed by atoms with E-state index in [1.165, 1.54) is 42.6 Å². The van der Waals surface area contributed by atoms with Crippen LogP contribution in [0.15, 0.2) is 6.07 Å². The van der Waals surface area contributed by atoms with Crippen LogP contribution >= 0.6 is 11.8 Å². The molecule has 0 aliphatic heterocycles. The summed E-state index contributed by atoms with van der Waals surface area (Å²) in [7, 11) is 0. The van der Waals surface area contributed by atoms with Crippen molar-refractivity contribution in [1.82, 2.24) is 4.57 Å². The van der Waals surface area contributed by atoms with E-state index in [0.29, 0.717) is 6.04 Å². The Kier molecular flexibility index (Phi) is 3.95. The maximum Gasteiger partial charge on any atom is 0.0807 e. The molecule has 0 aromatic carbocycles. The summed E-state index contributed by atoms with van der Waals surface area (Å²) in [6, 6.07) is 2.89. The molecule has 1 N–H and O–H groups in total. The fourth-order valence-corrected chi connectivity index (χ4v) is 4.99. The number of aliphatic hydroxyl groups excluding tert-OH is 1. The van der Waals surface area contributed by atoms with Crippen molar-refractivity contribution in [2.75, 3.05) is 6.26 Å². The fraction of sp³-hybridized carbons (Fsp3) is 0.750. The Morgan fingerprint density at radius 3 is 2.79 bits per heavy atom. The third kappa shape index (κ3) is 2.36. The van der Waals surface area contributed by atoms with Crippen LogP contribution in [0.3, 0.4) is 0 Å². The number of aromatic nitrogens is 1. The van der Waals surface area contributed by atoms with Gasteiger partial charge in [0.1, 0.15) is 0 Å². The van der Waals surface area contributed by atoms with Crippen molar-refractivity contribution in [3.8, 4) is 0 Å². The van der Waals surface area contributed by atoms with Crippen LogP contribution in [0.1, 0.15) is 67.6 Å². The number of thioether (sulfide) groups is 1.